The zero-order valence-corrected chi connectivity index (χ0v) is 25.5. The number of aromatic nitrogens is 3. The quantitative estimate of drug-likeness (QED) is 0.298. The molecule has 4 aliphatic heterocycles. The van der Waals surface area contributed by atoms with Gasteiger partial charge in [0.25, 0.3) is 0 Å². The molecule has 2 bridgehead atoms. The molecule has 5 fully saturated rings. The summed E-state index contributed by atoms with van der Waals surface area (Å²) in [5.74, 6) is -1.54. The van der Waals surface area contributed by atoms with Crippen LogP contribution in [0, 0.1) is 29.3 Å². The average molecular weight is 633 g/mol. The van der Waals surface area contributed by atoms with Gasteiger partial charge in [-0.2, -0.15) is 9.97 Å². The van der Waals surface area contributed by atoms with Gasteiger partial charge >= 0.3 is 6.01 Å². The summed E-state index contributed by atoms with van der Waals surface area (Å²) in [6.07, 6.45) is 6.75. The summed E-state index contributed by atoms with van der Waals surface area (Å²) < 4.78 is 58.1. The van der Waals surface area contributed by atoms with E-state index in [4.69, 9.17) is 14.5 Å². The maximum absolute atomic E-state index is 16.7. The molecule has 4 aromatic rings. The Hall–Kier alpha value is -3.74. The van der Waals surface area contributed by atoms with Gasteiger partial charge < -0.3 is 24.8 Å². The fraction of sp³-hybridized carbons (Fsp3) is 0.500. The van der Waals surface area contributed by atoms with E-state index >= 15 is 8.78 Å². The number of nitrogens with one attached hydrogen (secondary N) is 1. The van der Waals surface area contributed by atoms with Crippen LogP contribution in [0.15, 0.2) is 30.5 Å². The van der Waals surface area contributed by atoms with E-state index in [2.05, 4.69) is 25.1 Å². The van der Waals surface area contributed by atoms with E-state index in [1.807, 2.05) is 0 Å². The minimum Gasteiger partial charge on any atom is -0.508 e. The van der Waals surface area contributed by atoms with Crippen LogP contribution in [-0.4, -0.2) is 88.6 Å². The minimum absolute atomic E-state index is 0.0145. The summed E-state index contributed by atoms with van der Waals surface area (Å²) >= 11 is 0. The third-order valence-electron chi connectivity index (χ3n) is 11.1. The number of hydrogen-bond acceptors (Lipinski definition) is 9. The molecular weight excluding hydrogens is 597 g/mol. The summed E-state index contributed by atoms with van der Waals surface area (Å²) in [5, 5.41) is 14.5. The van der Waals surface area contributed by atoms with Crippen LogP contribution in [0.25, 0.3) is 32.9 Å². The predicted octanol–water partition coefficient (Wildman–Crippen LogP) is 4.79. The van der Waals surface area contributed by atoms with Crippen molar-refractivity contribution in [3.63, 3.8) is 0 Å². The Bertz CT molecular complexity index is 1880. The first kappa shape index (κ1) is 28.5. The largest absolute Gasteiger partial charge is 0.508 e. The Balaban J connectivity index is 1.13. The molecule has 0 spiro atoms. The third kappa shape index (κ3) is 4.29. The van der Waals surface area contributed by atoms with E-state index in [1.165, 1.54) is 24.4 Å². The summed E-state index contributed by atoms with van der Waals surface area (Å²) in [4.78, 5) is 18.6. The van der Waals surface area contributed by atoms with Crippen molar-refractivity contribution in [1.82, 2.24) is 25.2 Å². The van der Waals surface area contributed by atoms with Crippen LogP contribution in [0.4, 0.5) is 19.0 Å². The Morgan fingerprint density at radius 2 is 1.91 bits per heavy atom. The lowest BCUT2D eigenvalue weighted by Gasteiger charge is -2.36. The molecule has 0 radical (unpaired) electrons. The summed E-state index contributed by atoms with van der Waals surface area (Å²) in [5.41, 5.74) is -0.421. The van der Waals surface area contributed by atoms with Gasteiger partial charge in [0.2, 0.25) is 0 Å². The van der Waals surface area contributed by atoms with E-state index in [9.17, 15) is 9.50 Å². The number of anilines is 1. The number of nitrogens with zero attached hydrogens (tertiary/aromatic N) is 5. The zero-order chi connectivity index (χ0) is 31.3. The van der Waals surface area contributed by atoms with E-state index in [0.717, 1.165) is 51.3 Å². The Labute approximate surface area is 263 Å². The lowest BCUT2D eigenvalue weighted by atomic mass is 9.92. The van der Waals surface area contributed by atoms with Gasteiger partial charge in [-0.15, -0.1) is 0 Å². The van der Waals surface area contributed by atoms with Crippen LogP contribution < -0.4 is 15.0 Å². The fourth-order valence-corrected chi connectivity index (χ4v) is 9.12. The summed E-state index contributed by atoms with van der Waals surface area (Å²) in [6, 6.07) is 6.03. The summed E-state index contributed by atoms with van der Waals surface area (Å²) in [6.45, 7) is 3.60. The number of aromatic hydroxyl groups is 1. The highest BCUT2D eigenvalue weighted by Gasteiger charge is 2.67. The van der Waals surface area contributed by atoms with Gasteiger partial charge in [-0.25, -0.2) is 13.2 Å². The van der Waals surface area contributed by atoms with E-state index in [1.54, 1.807) is 7.11 Å². The van der Waals surface area contributed by atoms with E-state index in [-0.39, 0.29) is 44.8 Å². The number of pyridine rings is 1. The molecule has 12 heteroatoms. The van der Waals surface area contributed by atoms with Crippen molar-refractivity contribution >= 4 is 27.5 Å². The molecule has 46 heavy (non-hydrogen) atoms. The first-order chi connectivity index (χ1) is 22.3. The number of fused-ring (bicyclic) bond motifs is 7. The van der Waals surface area contributed by atoms with Crippen molar-refractivity contribution in [3.05, 3.63) is 47.9 Å². The number of piperidine rings is 1. The molecule has 6 atom stereocenters. The number of phenolic OH excluding ortho intramolecular Hbond substituents is 1. The summed E-state index contributed by atoms with van der Waals surface area (Å²) in [7, 11) is 1.75. The van der Waals surface area contributed by atoms with Crippen molar-refractivity contribution < 1.29 is 27.8 Å². The molecule has 1 saturated carbocycles. The van der Waals surface area contributed by atoms with Crippen molar-refractivity contribution in [2.45, 2.75) is 55.8 Å². The van der Waals surface area contributed by atoms with Gasteiger partial charge in [0.1, 0.15) is 29.4 Å². The maximum Gasteiger partial charge on any atom is 0.319 e. The van der Waals surface area contributed by atoms with Gasteiger partial charge in [-0.3, -0.25) is 9.88 Å². The van der Waals surface area contributed by atoms with Crippen LogP contribution >= 0.6 is 0 Å². The second-order valence-electron chi connectivity index (χ2n) is 13.8. The first-order valence-corrected chi connectivity index (χ1v) is 16.2. The highest BCUT2D eigenvalue weighted by molar-refractivity contribution is 6.00. The van der Waals surface area contributed by atoms with Gasteiger partial charge in [0.15, 0.2) is 17.5 Å². The minimum atomic E-state index is -1.14. The molecule has 6 heterocycles. The Morgan fingerprint density at radius 3 is 2.72 bits per heavy atom. The van der Waals surface area contributed by atoms with Gasteiger partial charge in [0, 0.05) is 61.4 Å². The van der Waals surface area contributed by atoms with E-state index in [0.29, 0.717) is 60.9 Å². The van der Waals surface area contributed by atoms with Crippen LogP contribution in [0.5, 0.6) is 11.8 Å². The zero-order valence-electron chi connectivity index (χ0n) is 25.5. The van der Waals surface area contributed by atoms with Gasteiger partial charge in [0.05, 0.1) is 17.5 Å². The highest BCUT2D eigenvalue weighted by atomic mass is 19.2. The van der Waals surface area contributed by atoms with Crippen molar-refractivity contribution in [2.75, 3.05) is 44.9 Å². The lowest BCUT2D eigenvalue weighted by Crippen LogP contribution is -2.51. The smallest absolute Gasteiger partial charge is 0.319 e. The third-order valence-corrected chi connectivity index (χ3v) is 11.1. The molecular formula is C34H35F3N6O3. The molecule has 2 aromatic carbocycles. The van der Waals surface area contributed by atoms with Crippen molar-refractivity contribution in [2.24, 2.45) is 11.8 Å². The molecule has 4 saturated heterocycles. The van der Waals surface area contributed by atoms with E-state index < -0.39 is 17.5 Å². The van der Waals surface area contributed by atoms with Crippen molar-refractivity contribution in [3.8, 4) is 23.0 Å². The second kappa shape index (κ2) is 10.4. The molecule has 6 unspecified atom stereocenters. The molecule has 2 aromatic heterocycles. The fourth-order valence-electron chi connectivity index (χ4n) is 9.12. The topological polar surface area (TPSA) is 95.9 Å². The number of phenols is 1. The molecule has 9 nitrogen and oxygen atoms in total. The number of hydrogen-bond donors (Lipinski definition) is 2. The number of halogens is 3. The number of benzene rings is 2. The van der Waals surface area contributed by atoms with Gasteiger partial charge in [-0.05, 0) is 68.2 Å². The Morgan fingerprint density at radius 1 is 1.09 bits per heavy atom. The molecule has 5 aliphatic rings. The Kier molecular flexibility index (Phi) is 6.43. The second-order valence-corrected chi connectivity index (χ2v) is 13.8. The highest BCUT2D eigenvalue weighted by Crippen LogP contribution is 2.60. The van der Waals surface area contributed by atoms with Crippen LogP contribution in [-0.2, 0) is 4.74 Å². The monoisotopic (exact) mass is 632 g/mol. The van der Waals surface area contributed by atoms with Crippen LogP contribution in [0.3, 0.4) is 0 Å². The van der Waals surface area contributed by atoms with Gasteiger partial charge in [-0.1, -0.05) is 6.07 Å². The molecule has 2 N–H and O–H groups in total. The number of piperazine rings is 1. The van der Waals surface area contributed by atoms with Crippen molar-refractivity contribution in [1.29, 1.82) is 0 Å². The molecule has 9 rings (SSSR count). The van der Waals surface area contributed by atoms with Crippen LogP contribution in [0.1, 0.15) is 32.1 Å². The predicted molar refractivity (Wildman–Crippen MR) is 165 cm³/mol. The first-order valence-electron chi connectivity index (χ1n) is 16.2. The van der Waals surface area contributed by atoms with Crippen LogP contribution in [0.2, 0.25) is 0 Å². The molecule has 1 aliphatic carbocycles. The standard InChI is InChI=1S/C34H35F3N6O3/c1-45-15-24-22-11-34(7-2-8-43(34)31(22)24)16-46-33-40-30-23(32(41-33)42-13-18-4-5-19(14-42)39-18)12-38-29(28(30)37)21-10-20(44)9-17-3-6-25(35)27(36)26(17)21/h3,6,9-10,12,18-19,22,24,31,39,44H,2,4-5,7-8,11,13-16H2,1H3. The number of methoxy groups -OCH3 is 1. The molecule has 0 amide bonds. The molecule has 240 valence electrons. The normalized spacial score (nSPS) is 29.9. The average Bonchev–Trinajstić information content (AvgIpc) is 3.31. The maximum atomic E-state index is 16.7. The number of ether oxygens (including phenoxy) is 2. The SMILES string of the molecule is COCC1C2CC3(COc4nc(N5CC6CCC(C5)N6)c5cnc(-c6cc(O)cc7ccc(F)c(F)c67)c(F)c5n4)CCCN3C12. The lowest BCUT2D eigenvalue weighted by molar-refractivity contribution is 0.0649. The number of rotatable bonds is 7.